The molecule has 1 N–H and O–H groups in total. The molecule has 1 amide bonds. The molecule has 30 heavy (non-hydrogen) atoms. The van der Waals surface area contributed by atoms with Gasteiger partial charge in [0.2, 0.25) is 0 Å². The molecule has 0 rings (SSSR count). The van der Waals surface area contributed by atoms with Crippen molar-refractivity contribution in [3.8, 4) is 0 Å². The molecule has 0 fully saturated rings. The number of hydrogen-bond acceptors (Lipinski definition) is 5. The average Bonchev–Trinajstić information content (AvgIpc) is 2.55. The minimum Gasteiger partial charge on any atom is -0.460 e. The van der Waals surface area contributed by atoms with Crippen LogP contribution >= 0.6 is 0 Å². The molecule has 0 radical (unpaired) electrons. The van der Waals surface area contributed by atoms with Crippen molar-refractivity contribution in [1.82, 2.24) is 5.32 Å². The lowest BCUT2D eigenvalue weighted by atomic mass is 9.60. The van der Waals surface area contributed by atoms with E-state index in [1.165, 1.54) is 0 Å². The van der Waals surface area contributed by atoms with Crippen molar-refractivity contribution in [1.29, 1.82) is 0 Å². The molecule has 0 aromatic rings. The molecule has 0 saturated carbocycles. The number of ether oxygens (including phenoxy) is 2. The van der Waals surface area contributed by atoms with Crippen molar-refractivity contribution in [2.45, 2.75) is 88.2 Å². The Morgan fingerprint density at radius 2 is 1.53 bits per heavy atom. The first-order valence-electron chi connectivity index (χ1n) is 10.7. The second kappa shape index (κ2) is 11.0. The number of hydrogen-bond donors (Lipinski definition) is 1. The molecule has 0 aliphatic carbocycles. The summed E-state index contributed by atoms with van der Waals surface area (Å²) in [6, 6.07) is 0. The van der Waals surface area contributed by atoms with Gasteiger partial charge in [-0.2, -0.15) is 0 Å². The Hall–Kier alpha value is -1.85. The molecule has 6 nitrogen and oxygen atoms in total. The third-order valence-corrected chi connectivity index (χ3v) is 5.81. The normalized spacial score (nSPS) is 13.6. The topological polar surface area (TPSA) is 81.7 Å². The number of Topliss-reactive ketones (excluding diaryl/α,β-unsaturated/α-hetero) is 1. The fourth-order valence-electron chi connectivity index (χ4n) is 2.89. The number of amides is 1. The van der Waals surface area contributed by atoms with Gasteiger partial charge in [-0.05, 0) is 24.2 Å². The zero-order valence-electron chi connectivity index (χ0n) is 20.7. The van der Waals surface area contributed by atoms with E-state index in [1.54, 1.807) is 6.92 Å². The Bertz CT molecular complexity index is 626. The van der Waals surface area contributed by atoms with Gasteiger partial charge in [-0.15, -0.1) is 0 Å². The van der Waals surface area contributed by atoms with Gasteiger partial charge < -0.3 is 14.8 Å². The van der Waals surface area contributed by atoms with Gasteiger partial charge in [0.1, 0.15) is 18.5 Å². The quantitative estimate of drug-likeness (QED) is 0.276. The number of alkyl carbamates (subject to hydrolysis) is 1. The first-order valence-corrected chi connectivity index (χ1v) is 10.7. The summed E-state index contributed by atoms with van der Waals surface area (Å²) in [4.78, 5) is 36.3. The van der Waals surface area contributed by atoms with E-state index >= 15 is 0 Å². The van der Waals surface area contributed by atoms with E-state index in [0.29, 0.717) is 18.4 Å². The van der Waals surface area contributed by atoms with Gasteiger partial charge in [0.25, 0.3) is 0 Å². The van der Waals surface area contributed by atoms with Gasteiger partial charge in [0.15, 0.2) is 0 Å². The molecule has 0 bridgehead atoms. The lowest BCUT2D eigenvalue weighted by molar-refractivity contribution is -0.139. The molecular formula is C24H43NO5. The smallest absolute Gasteiger partial charge is 0.407 e. The maximum absolute atomic E-state index is 12.5. The molecule has 1 atom stereocenters. The van der Waals surface area contributed by atoms with Crippen LogP contribution in [0.4, 0.5) is 4.79 Å². The Balaban J connectivity index is 5.25. The van der Waals surface area contributed by atoms with Crippen LogP contribution in [0.5, 0.6) is 0 Å². The molecular weight excluding hydrogens is 382 g/mol. The van der Waals surface area contributed by atoms with Gasteiger partial charge in [0, 0.05) is 23.3 Å². The number of rotatable bonds is 11. The minimum atomic E-state index is -0.560. The average molecular weight is 426 g/mol. The molecule has 0 saturated heterocycles. The van der Waals surface area contributed by atoms with E-state index in [1.807, 2.05) is 13.8 Å². The molecule has 174 valence electrons. The van der Waals surface area contributed by atoms with Crippen LogP contribution in [0.2, 0.25) is 0 Å². The maximum Gasteiger partial charge on any atom is 0.407 e. The summed E-state index contributed by atoms with van der Waals surface area (Å²) in [5.74, 6) is -0.327. The van der Waals surface area contributed by atoms with Gasteiger partial charge >= 0.3 is 12.1 Å². The summed E-state index contributed by atoms with van der Waals surface area (Å²) >= 11 is 0. The first kappa shape index (κ1) is 28.1. The summed E-state index contributed by atoms with van der Waals surface area (Å²) in [6.07, 6.45) is 0.109. The second-order valence-corrected chi connectivity index (χ2v) is 10.9. The molecule has 0 aliphatic rings. The number of esters is 1. The van der Waals surface area contributed by atoms with Crippen LogP contribution in [0.3, 0.4) is 0 Å². The Morgan fingerprint density at radius 3 is 1.97 bits per heavy atom. The summed E-state index contributed by atoms with van der Waals surface area (Å²) in [7, 11) is 0. The SMILES string of the molecule is C=C(C)C(=O)OCCNC(=O)OC(CC(C)(C)C)C(C)(C)C(C)(C)CC(=O)C(C)C. The predicted molar refractivity (Wildman–Crippen MR) is 120 cm³/mol. The van der Waals surface area contributed by atoms with E-state index in [-0.39, 0.29) is 35.7 Å². The lowest BCUT2D eigenvalue weighted by Crippen LogP contribution is -2.48. The number of carbonyl (C=O) groups excluding carboxylic acids is 3. The van der Waals surface area contributed by atoms with Crippen LogP contribution < -0.4 is 5.32 Å². The highest BCUT2D eigenvalue weighted by Gasteiger charge is 2.47. The van der Waals surface area contributed by atoms with E-state index in [0.717, 1.165) is 0 Å². The van der Waals surface area contributed by atoms with Crippen LogP contribution in [0, 0.1) is 22.2 Å². The fraction of sp³-hybridized carbons (Fsp3) is 0.792. The van der Waals surface area contributed by atoms with Crippen LogP contribution in [0.15, 0.2) is 12.2 Å². The predicted octanol–water partition coefficient (Wildman–Crippen LogP) is 5.30. The highest BCUT2D eigenvalue weighted by atomic mass is 16.6. The van der Waals surface area contributed by atoms with Gasteiger partial charge in [-0.3, -0.25) is 4.79 Å². The summed E-state index contributed by atoms with van der Waals surface area (Å²) in [5.41, 5.74) is -0.587. The molecule has 0 aliphatic heterocycles. The summed E-state index contributed by atoms with van der Waals surface area (Å²) < 4.78 is 10.8. The molecule has 0 aromatic heterocycles. The van der Waals surface area contributed by atoms with Crippen LogP contribution in [-0.2, 0) is 19.1 Å². The van der Waals surface area contributed by atoms with Gasteiger partial charge in [-0.1, -0.05) is 68.9 Å². The zero-order chi connectivity index (χ0) is 23.9. The Labute approximate surface area is 183 Å². The molecule has 0 aromatic carbocycles. The largest absolute Gasteiger partial charge is 0.460 e. The van der Waals surface area contributed by atoms with E-state index < -0.39 is 23.6 Å². The van der Waals surface area contributed by atoms with Crippen LogP contribution in [0.25, 0.3) is 0 Å². The van der Waals surface area contributed by atoms with Crippen molar-refractivity contribution in [2.24, 2.45) is 22.2 Å². The van der Waals surface area contributed by atoms with Crippen molar-refractivity contribution >= 4 is 17.8 Å². The zero-order valence-corrected chi connectivity index (χ0v) is 20.7. The van der Waals surface area contributed by atoms with Crippen molar-refractivity contribution in [3.05, 3.63) is 12.2 Å². The molecule has 0 spiro atoms. The molecule has 1 unspecified atom stereocenters. The summed E-state index contributed by atoms with van der Waals surface area (Å²) in [6.45, 7) is 23.6. The Morgan fingerprint density at radius 1 is 1.00 bits per heavy atom. The van der Waals surface area contributed by atoms with Crippen molar-refractivity contribution in [2.75, 3.05) is 13.2 Å². The second-order valence-electron chi connectivity index (χ2n) is 10.9. The highest BCUT2D eigenvalue weighted by molar-refractivity contribution is 5.86. The number of nitrogens with one attached hydrogen (secondary N) is 1. The molecule has 0 heterocycles. The Kier molecular flexibility index (Phi) is 10.3. The maximum atomic E-state index is 12.5. The van der Waals surface area contributed by atoms with E-state index in [9.17, 15) is 14.4 Å². The van der Waals surface area contributed by atoms with Gasteiger partial charge in [-0.25, -0.2) is 9.59 Å². The first-order chi connectivity index (χ1) is 13.4. The summed E-state index contributed by atoms with van der Waals surface area (Å²) in [5, 5.41) is 2.64. The lowest BCUT2D eigenvalue weighted by Gasteiger charge is -2.47. The van der Waals surface area contributed by atoms with Crippen LogP contribution in [-0.4, -0.2) is 37.1 Å². The van der Waals surface area contributed by atoms with Crippen LogP contribution in [0.1, 0.15) is 82.1 Å². The third-order valence-electron chi connectivity index (χ3n) is 5.81. The van der Waals surface area contributed by atoms with E-state index in [2.05, 4.69) is 60.4 Å². The van der Waals surface area contributed by atoms with E-state index in [4.69, 9.17) is 9.47 Å². The van der Waals surface area contributed by atoms with Gasteiger partial charge in [0.05, 0.1) is 6.54 Å². The standard InChI is InChI=1S/C24H43NO5/c1-16(2)18(26)14-23(8,9)24(10,11)19(15-22(5,6)7)30-21(28)25-12-13-29-20(27)17(3)4/h16,19H,3,12-15H2,1-2,4-11H3,(H,25,28). The van der Waals surface area contributed by atoms with Crippen molar-refractivity contribution in [3.63, 3.8) is 0 Å². The minimum absolute atomic E-state index is 0.0349. The number of carbonyl (C=O) groups is 3. The molecule has 6 heteroatoms. The third kappa shape index (κ3) is 9.31. The fourth-order valence-corrected chi connectivity index (χ4v) is 2.89. The monoisotopic (exact) mass is 425 g/mol. The highest BCUT2D eigenvalue weighted by Crippen LogP contribution is 2.48. The number of ketones is 1. The van der Waals surface area contributed by atoms with Crippen molar-refractivity contribution < 1.29 is 23.9 Å².